The quantitative estimate of drug-likeness (QED) is 0.428. The second kappa shape index (κ2) is 8.56. The van der Waals surface area contributed by atoms with E-state index in [2.05, 4.69) is 16.7 Å². The highest BCUT2D eigenvalue weighted by molar-refractivity contribution is 7.71. The molecule has 0 fully saturated rings. The summed E-state index contributed by atoms with van der Waals surface area (Å²) in [6.45, 7) is 5.05. The Balaban J connectivity index is 1.89. The molecule has 0 radical (unpaired) electrons. The van der Waals surface area contributed by atoms with Crippen molar-refractivity contribution in [3.63, 3.8) is 0 Å². The van der Waals surface area contributed by atoms with Crippen LogP contribution in [0.1, 0.15) is 5.56 Å². The van der Waals surface area contributed by atoms with E-state index in [1.54, 1.807) is 35.3 Å². The number of hydrogen-bond acceptors (Lipinski definition) is 4. The Kier molecular flexibility index (Phi) is 6.15. The fourth-order valence-corrected chi connectivity index (χ4v) is 3.25. The second-order valence-corrected chi connectivity index (χ2v) is 6.87. The summed E-state index contributed by atoms with van der Waals surface area (Å²) in [6.07, 6.45) is 5.22. The van der Waals surface area contributed by atoms with Crippen LogP contribution < -0.4 is 0 Å². The maximum absolute atomic E-state index is 14.0. The summed E-state index contributed by atoms with van der Waals surface area (Å²) in [5.41, 5.74) is 1.31. The molecule has 3 rings (SSSR count). The molecule has 0 aliphatic heterocycles. The first-order valence-electron chi connectivity index (χ1n) is 8.31. The summed E-state index contributed by atoms with van der Waals surface area (Å²) in [5, 5.41) is 5.05. The van der Waals surface area contributed by atoms with Gasteiger partial charge in [-0.25, -0.2) is 9.07 Å². The predicted octanol–water partition coefficient (Wildman–Crippen LogP) is 4.54. The van der Waals surface area contributed by atoms with Crippen molar-refractivity contribution in [1.29, 1.82) is 0 Å². The molecular formula is C19H19ClFN5S. The molecule has 0 amide bonds. The lowest BCUT2D eigenvalue weighted by molar-refractivity contribution is 0.241. The highest BCUT2D eigenvalue weighted by Gasteiger charge is 2.15. The van der Waals surface area contributed by atoms with Crippen LogP contribution in [0.5, 0.6) is 0 Å². The number of allylic oxidation sites excluding steroid dienone is 1. The van der Waals surface area contributed by atoms with E-state index < -0.39 is 0 Å². The first-order valence-corrected chi connectivity index (χ1v) is 9.10. The molecule has 5 nitrogen and oxygen atoms in total. The first-order chi connectivity index (χ1) is 13.0. The van der Waals surface area contributed by atoms with Crippen molar-refractivity contribution < 1.29 is 4.39 Å². The van der Waals surface area contributed by atoms with E-state index in [1.165, 1.54) is 6.07 Å². The smallest absolute Gasteiger partial charge is 0.199 e. The second-order valence-electron chi connectivity index (χ2n) is 6.10. The minimum absolute atomic E-state index is 0.328. The molecule has 2 aromatic heterocycles. The van der Waals surface area contributed by atoms with Crippen LogP contribution >= 0.6 is 23.8 Å². The molecule has 0 saturated heterocycles. The Morgan fingerprint density at radius 1 is 1.33 bits per heavy atom. The lowest BCUT2D eigenvalue weighted by atomic mass is 10.2. The zero-order chi connectivity index (χ0) is 19.4. The van der Waals surface area contributed by atoms with Gasteiger partial charge in [0.15, 0.2) is 10.6 Å². The average Bonchev–Trinajstić information content (AvgIpc) is 2.96. The zero-order valence-electron chi connectivity index (χ0n) is 14.8. The summed E-state index contributed by atoms with van der Waals surface area (Å²) in [6, 6.07) is 8.45. The topological polar surface area (TPSA) is 38.9 Å². The molecular weight excluding hydrogens is 385 g/mol. The molecule has 0 spiro atoms. The van der Waals surface area contributed by atoms with Gasteiger partial charge in [0.05, 0.1) is 6.67 Å². The number of rotatable bonds is 7. The maximum atomic E-state index is 14.0. The fourth-order valence-electron chi connectivity index (χ4n) is 2.77. The molecule has 0 saturated carbocycles. The standard InChI is InChI=1S/C19H19ClFN5S/c1-3-10-25-18(14-6-5-9-22-11-14)23-26(19(25)27)13-24(2)12-15-16(20)7-4-8-17(15)21/h3-9,11H,1,10,12-13H2,2H3. The molecule has 0 bridgehead atoms. The largest absolute Gasteiger partial charge is 0.296 e. The highest BCUT2D eigenvalue weighted by atomic mass is 35.5. The number of halogens is 2. The third kappa shape index (κ3) is 4.32. The van der Waals surface area contributed by atoms with Crippen LogP contribution in [0.4, 0.5) is 4.39 Å². The van der Waals surface area contributed by atoms with Gasteiger partial charge in [0.1, 0.15) is 5.82 Å². The van der Waals surface area contributed by atoms with Gasteiger partial charge in [0.25, 0.3) is 0 Å². The Hall–Kier alpha value is -2.35. The van der Waals surface area contributed by atoms with Gasteiger partial charge in [0.2, 0.25) is 0 Å². The van der Waals surface area contributed by atoms with Crippen molar-refractivity contribution >= 4 is 23.8 Å². The van der Waals surface area contributed by atoms with E-state index in [9.17, 15) is 4.39 Å². The lowest BCUT2D eigenvalue weighted by Gasteiger charge is -2.17. The minimum Gasteiger partial charge on any atom is -0.296 e. The average molecular weight is 404 g/mol. The van der Waals surface area contributed by atoms with Gasteiger partial charge in [-0.05, 0) is 43.5 Å². The van der Waals surface area contributed by atoms with E-state index in [0.29, 0.717) is 40.9 Å². The molecule has 0 unspecified atom stereocenters. The van der Waals surface area contributed by atoms with Gasteiger partial charge in [-0.15, -0.1) is 6.58 Å². The minimum atomic E-state index is -0.328. The third-order valence-electron chi connectivity index (χ3n) is 4.02. The molecule has 0 N–H and O–H groups in total. The van der Waals surface area contributed by atoms with Crippen molar-refractivity contribution in [2.45, 2.75) is 19.8 Å². The van der Waals surface area contributed by atoms with Crippen LogP contribution in [0.15, 0.2) is 55.4 Å². The number of nitrogens with zero attached hydrogens (tertiary/aromatic N) is 5. The molecule has 3 aromatic rings. The summed E-state index contributed by atoms with van der Waals surface area (Å²) in [4.78, 5) is 6.05. The third-order valence-corrected chi connectivity index (χ3v) is 4.80. The summed E-state index contributed by atoms with van der Waals surface area (Å²) < 4.78 is 18.2. The molecule has 1 aromatic carbocycles. The van der Waals surface area contributed by atoms with Gasteiger partial charge in [-0.2, -0.15) is 5.10 Å². The summed E-state index contributed by atoms with van der Waals surface area (Å²) in [5.74, 6) is 0.386. The van der Waals surface area contributed by atoms with Crippen molar-refractivity contribution in [2.75, 3.05) is 7.05 Å². The monoisotopic (exact) mass is 403 g/mol. The Bertz CT molecular complexity index is 979. The first kappa shape index (κ1) is 19.4. The van der Waals surface area contributed by atoms with E-state index >= 15 is 0 Å². The van der Waals surface area contributed by atoms with Crippen LogP contribution in [0.3, 0.4) is 0 Å². The molecule has 8 heteroatoms. The normalized spacial score (nSPS) is 11.1. The van der Waals surface area contributed by atoms with E-state index in [4.69, 9.17) is 23.8 Å². The molecule has 0 aliphatic carbocycles. The van der Waals surface area contributed by atoms with Crippen LogP contribution in [0.2, 0.25) is 5.02 Å². The van der Waals surface area contributed by atoms with Crippen molar-refractivity contribution in [3.05, 3.63) is 76.6 Å². The van der Waals surface area contributed by atoms with Gasteiger partial charge >= 0.3 is 0 Å². The lowest BCUT2D eigenvalue weighted by Crippen LogP contribution is -2.23. The van der Waals surface area contributed by atoms with Gasteiger partial charge in [0, 0.05) is 41.6 Å². The molecule has 2 heterocycles. The molecule has 27 heavy (non-hydrogen) atoms. The van der Waals surface area contributed by atoms with Gasteiger partial charge in [-0.1, -0.05) is 23.7 Å². The van der Waals surface area contributed by atoms with Crippen molar-refractivity contribution in [1.82, 2.24) is 24.2 Å². The summed E-state index contributed by atoms with van der Waals surface area (Å²) >= 11 is 11.7. The Labute approximate surface area is 167 Å². The van der Waals surface area contributed by atoms with Crippen LogP contribution in [0.25, 0.3) is 11.4 Å². The van der Waals surface area contributed by atoms with Gasteiger partial charge < -0.3 is 0 Å². The number of hydrogen-bond donors (Lipinski definition) is 0. The SMILES string of the molecule is C=CCn1c(-c2cccnc2)nn(CN(C)Cc2c(F)cccc2Cl)c1=S. The molecule has 0 atom stereocenters. The molecule has 0 aliphatic rings. The van der Waals surface area contributed by atoms with E-state index in [0.717, 1.165) is 5.56 Å². The van der Waals surface area contributed by atoms with Crippen molar-refractivity contribution in [2.24, 2.45) is 0 Å². The van der Waals surface area contributed by atoms with E-state index in [-0.39, 0.29) is 5.82 Å². The number of pyridine rings is 1. The zero-order valence-corrected chi connectivity index (χ0v) is 16.4. The van der Waals surface area contributed by atoms with Crippen LogP contribution in [-0.2, 0) is 19.8 Å². The van der Waals surface area contributed by atoms with Gasteiger partial charge in [-0.3, -0.25) is 14.5 Å². The van der Waals surface area contributed by atoms with Crippen LogP contribution in [-0.4, -0.2) is 31.3 Å². The number of aromatic nitrogens is 4. The Morgan fingerprint density at radius 3 is 2.81 bits per heavy atom. The van der Waals surface area contributed by atoms with Crippen molar-refractivity contribution in [3.8, 4) is 11.4 Å². The Morgan fingerprint density at radius 2 is 2.15 bits per heavy atom. The number of benzene rings is 1. The predicted molar refractivity (Wildman–Crippen MR) is 107 cm³/mol. The summed E-state index contributed by atoms with van der Waals surface area (Å²) in [7, 11) is 1.86. The maximum Gasteiger partial charge on any atom is 0.199 e. The fraction of sp³-hybridized carbons (Fsp3) is 0.211. The molecule has 140 valence electrons. The van der Waals surface area contributed by atoms with E-state index in [1.807, 2.05) is 28.6 Å². The van der Waals surface area contributed by atoms with Crippen LogP contribution in [0, 0.1) is 10.6 Å². The highest BCUT2D eigenvalue weighted by Crippen LogP contribution is 2.21.